The zero-order valence-corrected chi connectivity index (χ0v) is 12.1. The molecular formula is C15H28N2O. The van der Waals surface area contributed by atoms with Crippen molar-refractivity contribution in [2.45, 2.75) is 52.3 Å². The largest absolute Gasteiger partial charge is 0.390 e. The zero-order valence-electron chi connectivity index (χ0n) is 12.1. The average molecular weight is 252 g/mol. The fraction of sp³-hybridized carbons (Fsp3) is 0.600. The normalized spacial score (nSPS) is 13.7. The molecule has 1 aromatic rings. The summed E-state index contributed by atoms with van der Waals surface area (Å²) in [4.78, 5) is 0. The molecule has 0 saturated heterocycles. The zero-order chi connectivity index (χ0) is 14.0. The van der Waals surface area contributed by atoms with Crippen molar-refractivity contribution in [2.75, 3.05) is 6.54 Å². The van der Waals surface area contributed by atoms with E-state index in [0.717, 1.165) is 0 Å². The number of rotatable bonds is 6. The van der Waals surface area contributed by atoms with Crippen molar-refractivity contribution in [2.24, 2.45) is 5.73 Å². The maximum atomic E-state index is 9.84. The Labute approximate surface area is 111 Å². The van der Waals surface area contributed by atoms with Crippen LogP contribution >= 0.6 is 0 Å². The summed E-state index contributed by atoms with van der Waals surface area (Å²) >= 11 is 0. The highest BCUT2D eigenvalue weighted by Crippen LogP contribution is 2.04. The third-order valence-corrected chi connectivity index (χ3v) is 2.54. The van der Waals surface area contributed by atoms with E-state index in [0.29, 0.717) is 19.0 Å². The summed E-state index contributed by atoms with van der Waals surface area (Å²) in [5.41, 5.74) is 7.11. The van der Waals surface area contributed by atoms with Gasteiger partial charge in [0.25, 0.3) is 0 Å². The van der Waals surface area contributed by atoms with Crippen LogP contribution in [0.3, 0.4) is 0 Å². The fourth-order valence-electron chi connectivity index (χ4n) is 1.53. The van der Waals surface area contributed by atoms with Crippen molar-refractivity contribution < 1.29 is 5.11 Å². The van der Waals surface area contributed by atoms with Crippen LogP contribution in [0.2, 0.25) is 0 Å². The van der Waals surface area contributed by atoms with Gasteiger partial charge in [0.05, 0.1) is 6.10 Å². The minimum absolute atomic E-state index is 0.214. The first kappa shape index (κ1) is 17.1. The number of aliphatic hydroxyl groups is 1. The van der Waals surface area contributed by atoms with E-state index >= 15 is 0 Å². The molecule has 2 atom stereocenters. The van der Waals surface area contributed by atoms with E-state index in [1.807, 2.05) is 44.2 Å². The molecule has 1 aromatic carbocycles. The second-order valence-electron chi connectivity index (χ2n) is 4.48. The SMILES string of the molecule is CC.CC(C)NCC(O)C(N)Cc1ccccc1. The smallest absolute Gasteiger partial charge is 0.0818 e. The van der Waals surface area contributed by atoms with Crippen LogP contribution in [-0.4, -0.2) is 29.8 Å². The first-order chi connectivity index (χ1) is 8.59. The number of nitrogens with two attached hydrogens (primary N) is 1. The quantitative estimate of drug-likeness (QED) is 0.725. The van der Waals surface area contributed by atoms with Gasteiger partial charge >= 0.3 is 0 Å². The van der Waals surface area contributed by atoms with Gasteiger partial charge in [-0.3, -0.25) is 0 Å². The second kappa shape index (κ2) is 10.1. The van der Waals surface area contributed by atoms with Crippen LogP contribution in [-0.2, 0) is 6.42 Å². The molecule has 0 heterocycles. The molecule has 0 aliphatic rings. The molecule has 2 unspecified atom stereocenters. The van der Waals surface area contributed by atoms with E-state index in [-0.39, 0.29) is 6.04 Å². The van der Waals surface area contributed by atoms with Crippen molar-refractivity contribution in [3.05, 3.63) is 35.9 Å². The summed E-state index contributed by atoms with van der Waals surface area (Å²) in [6.45, 7) is 8.65. The molecule has 18 heavy (non-hydrogen) atoms. The number of hydrogen-bond acceptors (Lipinski definition) is 3. The molecule has 104 valence electrons. The van der Waals surface area contributed by atoms with E-state index < -0.39 is 6.10 Å². The molecule has 0 bridgehead atoms. The molecule has 0 radical (unpaired) electrons. The average Bonchev–Trinajstić information content (AvgIpc) is 2.39. The Balaban J connectivity index is 0.00000137. The summed E-state index contributed by atoms with van der Waals surface area (Å²) in [5, 5.41) is 13.0. The first-order valence-corrected chi connectivity index (χ1v) is 6.80. The summed E-state index contributed by atoms with van der Waals surface area (Å²) in [6.07, 6.45) is 0.213. The predicted molar refractivity (Wildman–Crippen MR) is 78.6 cm³/mol. The molecule has 0 aromatic heterocycles. The Morgan fingerprint density at radius 2 is 1.72 bits per heavy atom. The van der Waals surface area contributed by atoms with Gasteiger partial charge in [0.1, 0.15) is 0 Å². The van der Waals surface area contributed by atoms with Crippen molar-refractivity contribution in [1.29, 1.82) is 0 Å². The van der Waals surface area contributed by atoms with E-state index in [1.165, 1.54) is 5.56 Å². The summed E-state index contributed by atoms with van der Waals surface area (Å²) in [5.74, 6) is 0. The maximum Gasteiger partial charge on any atom is 0.0818 e. The van der Waals surface area contributed by atoms with Gasteiger partial charge in [0, 0.05) is 18.6 Å². The van der Waals surface area contributed by atoms with Crippen LogP contribution in [0, 0.1) is 0 Å². The van der Waals surface area contributed by atoms with Gasteiger partial charge in [0.2, 0.25) is 0 Å². The predicted octanol–water partition coefficient (Wildman–Crippen LogP) is 1.94. The van der Waals surface area contributed by atoms with E-state index in [2.05, 4.69) is 19.2 Å². The van der Waals surface area contributed by atoms with Gasteiger partial charge in [-0.05, 0) is 12.0 Å². The lowest BCUT2D eigenvalue weighted by Gasteiger charge is -2.20. The van der Waals surface area contributed by atoms with Gasteiger partial charge in [-0.2, -0.15) is 0 Å². The van der Waals surface area contributed by atoms with Gasteiger partial charge in [-0.15, -0.1) is 0 Å². The molecule has 0 amide bonds. The topological polar surface area (TPSA) is 58.3 Å². The van der Waals surface area contributed by atoms with Crippen LogP contribution in [0.1, 0.15) is 33.3 Å². The Morgan fingerprint density at radius 1 is 1.17 bits per heavy atom. The first-order valence-electron chi connectivity index (χ1n) is 6.80. The van der Waals surface area contributed by atoms with E-state index in [1.54, 1.807) is 0 Å². The van der Waals surface area contributed by atoms with Gasteiger partial charge in [0.15, 0.2) is 0 Å². The number of nitrogens with one attached hydrogen (secondary N) is 1. The Bertz CT molecular complexity index is 288. The molecule has 0 fully saturated rings. The van der Waals surface area contributed by atoms with Gasteiger partial charge in [-0.1, -0.05) is 58.0 Å². The minimum atomic E-state index is -0.498. The van der Waals surface area contributed by atoms with E-state index in [4.69, 9.17) is 5.73 Å². The van der Waals surface area contributed by atoms with Crippen LogP contribution < -0.4 is 11.1 Å². The van der Waals surface area contributed by atoms with Crippen molar-refractivity contribution in [1.82, 2.24) is 5.32 Å². The maximum absolute atomic E-state index is 9.84. The number of benzene rings is 1. The number of aliphatic hydroxyl groups excluding tert-OH is 1. The monoisotopic (exact) mass is 252 g/mol. The van der Waals surface area contributed by atoms with Gasteiger partial charge in [-0.25, -0.2) is 0 Å². The van der Waals surface area contributed by atoms with Crippen molar-refractivity contribution in [3.63, 3.8) is 0 Å². The number of hydrogen-bond donors (Lipinski definition) is 3. The van der Waals surface area contributed by atoms with Gasteiger partial charge < -0.3 is 16.2 Å². The third-order valence-electron chi connectivity index (χ3n) is 2.54. The van der Waals surface area contributed by atoms with E-state index in [9.17, 15) is 5.11 Å². The highest BCUT2D eigenvalue weighted by atomic mass is 16.3. The molecule has 3 nitrogen and oxygen atoms in total. The lowest BCUT2D eigenvalue weighted by Crippen LogP contribution is -2.44. The Hall–Kier alpha value is -0.900. The lowest BCUT2D eigenvalue weighted by molar-refractivity contribution is 0.139. The molecule has 0 spiro atoms. The standard InChI is InChI=1S/C13H22N2O.C2H6/c1-10(2)15-9-13(16)12(14)8-11-6-4-3-5-7-11;1-2/h3-7,10,12-13,15-16H,8-9,14H2,1-2H3;1-2H3. The fourth-order valence-corrected chi connectivity index (χ4v) is 1.53. The molecule has 0 aliphatic heterocycles. The molecule has 3 heteroatoms. The Morgan fingerprint density at radius 3 is 2.22 bits per heavy atom. The minimum Gasteiger partial charge on any atom is -0.390 e. The van der Waals surface area contributed by atoms with Crippen LogP contribution in [0.25, 0.3) is 0 Å². The molecule has 0 aliphatic carbocycles. The molecule has 4 N–H and O–H groups in total. The van der Waals surface area contributed by atoms with Crippen molar-refractivity contribution in [3.8, 4) is 0 Å². The summed E-state index contributed by atoms with van der Waals surface area (Å²) in [6, 6.07) is 10.2. The highest BCUT2D eigenvalue weighted by molar-refractivity contribution is 5.16. The Kier molecular flexibility index (Phi) is 9.56. The molecule has 0 saturated carbocycles. The highest BCUT2D eigenvalue weighted by Gasteiger charge is 2.14. The van der Waals surface area contributed by atoms with Crippen molar-refractivity contribution >= 4 is 0 Å². The third kappa shape index (κ3) is 7.43. The second-order valence-corrected chi connectivity index (χ2v) is 4.48. The van der Waals surface area contributed by atoms with Crippen LogP contribution in [0.4, 0.5) is 0 Å². The van der Waals surface area contributed by atoms with Crippen LogP contribution in [0.15, 0.2) is 30.3 Å². The lowest BCUT2D eigenvalue weighted by atomic mass is 10.0. The summed E-state index contributed by atoms with van der Waals surface area (Å²) in [7, 11) is 0. The molecular weight excluding hydrogens is 224 g/mol. The van der Waals surface area contributed by atoms with Crippen LogP contribution in [0.5, 0.6) is 0 Å². The molecule has 1 rings (SSSR count). The summed E-state index contributed by atoms with van der Waals surface area (Å²) < 4.78 is 0.